The number of nitrogens with one attached hydrogen (secondary N) is 2. The van der Waals surface area contributed by atoms with E-state index >= 15 is 0 Å². The van der Waals surface area contributed by atoms with E-state index in [2.05, 4.69) is 39.7 Å². The average molecular weight is 311 g/mol. The number of anilines is 2. The Bertz CT molecular complexity index is 699. The van der Waals surface area contributed by atoms with Crippen molar-refractivity contribution in [3.8, 4) is 0 Å². The molecule has 1 fully saturated rings. The lowest BCUT2D eigenvalue weighted by Gasteiger charge is -2.10. The molecule has 2 N–H and O–H groups in total. The Morgan fingerprint density at radius 2 is 1.87 bits per heavy atom. The highest BCUT2D eigenvalue weighted by molar-refractivity contribution is 5.79. The van der Waals surface area contributed by atoms with Gasteiger partial charge in [0.05, 0.1) is 11.4 Å². The SMILES string of the molecule is CCc1nnc(Nc2ccc(C3CNC(=O)C3)cc2)nc1CC. The molecule has 0 saturated carbocycles. The molecule has 6 nitrogen and oxygen atoms in total. The van der Waals surface area contributed by atoms with Crippen molar-refractivity contribution in [1.82, 2.24) is 20.5 Å². The summed E-state index contributed by atoms with van der Waals surface area (Å²) in [5.74, 6) is 0.911. The molecule has 1 amide bonds. The third-order valence-corrected chi connectivity index (χ3v) is 4.12. The molecule has 2 aromatic rings. The van der Waals surface area contributed by atoms with E-state index in [-0.39, 0.29) is 11.8 Å². The summed E-state index contributed by atoms with van der Waals surface area (Å²) in [5.41, 5.74) is 4.02. The Hall–Kier alpha value is -2.50. The number of aromatic nitrogens is 3. The molecule has 0 radical (unpaired) electrons. The fourth-order valence-corrected chi connectivity index (χ4v) is 2.80. The summed E-state index contributed by atoms with van der Waals surface area (Å²) >= 11 is 0. The van der Waals surface area contributed by atoms with E-state index in [1.54, 1.807) is 0 Å². The van der Waals surface area contributed by atoms with Gasteiger partial charge >= 0.3 is 0 Å². The Kier molecular flexibility index (Phi) is 4.50. The van der Waals surface area contributed by atoms with Gasteiger partial charge in [0, 0.05) is 24.6 Å². The van der Waals surface area contributed by atoms with Crippen LogP contribution in [-0.2, 0) is 17.6 Å². The first kappa shape index (κ1) is 15.4. The van der Waals surface area contributed by atoms with Gasteiger partial charge in [0.15, 0.2) is 0 Å². The van der Waals surface area contributed by atoms with Gasteiger partial charge in [-0.3, -0.25) is 4.79 Å². The minimum Gasteiger partial charge on any atom is -0.355 e. The average Bonchev–Trinajstić information content (AvgIpc) is 3.02. The topological polar surface area (TPSA) is 79.8 Å². The summed E-state index contributed by atoms with van der Waals surface area (Å²) in [6, 6.07) is 8.06. The number of hydrogen-bond acceptors (Lipinski definition) is 5. The van der Waals surface area contributed by atoms with E-state index in [0.717, 1.165) is 36.5 Å². The first-order chi connectivity index (χ1) is 11.2. The number of carbonyl (C=O) groups is 1. The molecule has 23 heavy (non-hydrogen) atoms. The molecule has 6 heteroatoms. The van der Waals surface area contributed by atoms with Crippen LogP contribution in [-0.4, -0.2) is 27.6 Å². The van der Waals surface area contributed by atoms with Crippen molar-refractivity contribution in [2.24, 2.45) is 0 Å². The fraction of sp³-hybridized carbons (Fsp3) is 0.412. The summed E-state index contributed by atoms with van der Waals surface area (Å²) in [7, 11) is 0. The number of benzene rings is 1. The minimum atomic E-state index is 0.125. The van der Waals surface area contributed by atoms with Crippen LogP contribution in [0.3, 0.4) is 0 Å². The van der Waals surface area contributed by atoms with Crippen LogP contribution in [0, 0.1) is 0 Å². The molecule has 1 aromatic carbocycles. The highest BCUT2D eigenvalue weighted by Crippen LogP contribution is 2.25. The van der Waals surface area contributed by atoms with Crippen LogP contribution in [0.4, 0.5) is 11.6 Å². The van der Waals surface area contributed by atoms with Crippen LogP contribution >= 0.6 is 0 Å². The smallest absolute Gasteiger partial charge is 0.247 e. The van der Waals surface area contributed by atoms with Gasteiger partial charge in [-0.2, -0.15) is 0 Å². The van der Waals surface area contributed by atoms with E-state index in [4.69, 9.17) is 0 Å². The van der Waals surface area contributed by atoms with Crippen molar-refractivity contribution in [2.45, 2.75) is 39.0 Å². The maximum atomic E-state index is 11.3. The summed E-state index contributed by atoms with van der Waals surface area (Å²) in [5, 5.41) is 14.4. The third kappa shape index (κ3) is 3.47. The van der Waals surface area contributed by atoms with E-state index in [9.17, 15) is 4.79 Å². The quantitative estimate of drug-likeness (QED) is 0.886. The second kappa shape index (κ2) is 6.73. The Balaban J connectivity index is 1.72. The lowest BCUT2D eigenvalue weighted by molar-refractivity contribution is -0.119. The molecular formula is C17H21N5O. The maximum absolute atomic E-state index is 11.3. The zero-order valence-corrected chi connectivity index (χ0v) is 13.5. The molecular weight excluding hydrogens is 290 g/mol. The van der Waals surface area contributed by atoms with E-state index in [1.807, 2.05) is 24.3 Å². The van der Waals surface area contributed by atoms with Crippen LogP contribution in [0.1, 0.15) is 43.1 Å². The van der Waals surface area contributed by atoms with Crippen LogP contribution in [0.2, 0.25) is 0 Å². The van der Waals surface area contributed by atoms with Gasteiger partial charge in [0.25, 0.3) is 0 Å². The van der Waals surface area contributed by atoms with Gasteiger partial charge < -0.3 is 10.6 Å². The molecule has 1 unspecified atom stereocenters. The lowest BCUT2D eigenvalue weighted by atomic mass is 9.98. The number of rotatable bonds is 5. The first-order valence-electron chi connectivity index (χ1n) is 8.05. The molecule has 120 valence electrons. The van der Waals surface area contributed by atoms with Gasteiger partial charge in [-0.25, -0.2) is 4.98 Å². The Morgan fingerprint density at radius 3 is 2.48 bits per heavy atom. The number of amides is 1. The van der Waals surface area contributed by atoms with Crippen molar-refractivity contribution in [3.05, 3.63) is 41.2 Å². The van der Waals surface area contributed by atoms with Crippen molar-refractivity contribution in [2.75, 3.05) is 11.9 Å². The van der Waals surface area contributed by atoms with Crippen molar-refractivity contribution < 1.29 is 4.79 Å². The maximum Gasteiger partial charge on any atom is 0.247 e. The van der Waals surface area contributed by atoms with E-state index in [1.165, 1.54) is 5.56 Å². The highest BCUT2D eigenvalue weighted by Gasteiger charge is 2.22. The molecule has 1 atom stereocenters. The first-order valence-corrected chi connectivity index (χ1v) is 8.05. The predicted molar refractivity (Wildman–Crippen MR) is 88.7 cm³/mol. The van der Waals surface area contributed by atoms with Crippen LogP contribution in [0.25, 0.3) is 0 Å². The number of carbonyl (C=O) groups excluding carboxylic acids is 1. The highest BCUT2D eigenvalue weighted by atomic mass is 16.1. The normalized spacial score (nSPS) is 17.1. The lowest BCUT2D eigenvalue weighted by Crippen LogP contribution is -2.13. The van der Waals surface area contributed by atoms with Gasteiger partial charge in [0.2, 0.25) is 11.9 Å². The molecule has 3 rings (SSSR count). The zero-order chi connectivity index (χ0) is 16.2. The number of aryl methyl sites for hydroxylation is 2. The van der Waals surface area contributed by atoms with Crippen LogP contribution < -0.4 is 10.6 Å². The van der Waals surface area contributed by atoms with E-state index < -0.39 is 0 Å². The zero-order valence-electron chi connectivity index (χ0n) is 13.5. The summed E-state index contributed by atoms with van der Waals surface area (Å²) in [6.07, 6.45) is 2.25. The summed E-state index contributed by atoms with van der Waals surface area (Å²) in [6.45, 7) is 4.84. The van der Waals surface area contributed by atoms with Gasteiger partial charge in [0.1, 0.15) is 0 Å². The van der Waals surface area contributed by atoms with E-state index in [0.29, 0.717) is 12.4 Å². The van der Waals surface area contributed by atoms with Crippen molar-refractivity contribution in [3.63, 3.8) is 0 Å². The Morgan fingerprint density at radius 1 is 1.13 bits per heavy atom. The largest absolute Gasteiger partial charge is 0.355 e. The molecule has 1 aliphatic heterocycles. The van der Waals surface area contributed by atoms with Gasteiger partial charge in [-0.1, -0.05) is 26.0 Å². The van der Waals surface area contributed by atoms with Crippen LogP contribution in [0.5, 0.6) is 0 Å². The number of nitrogens with zero attached hydrogens (tertiary/aromatic N) is 3. The molecule has 0 spiro atoms. The van der Waals surface area contributed by atoms with Crippen molar-refractivity contribution >= 4 is 17.5 Å². The molecule has 1 aliphatic rings. The minimum absolute atomic E-state index is 0.125. The molecule has 0 aliphatic carbocycles. The predicted octanol–water partition coefficient (Wildman–Crippen LogP) is 2.34. The standard InChI is InChI=1S/C17H21N5O/c1-3-14-15(4-2)21-22-17(20-14)19-13-7-5-11(6-8-13)12-9-16(23)18-10-12/h5-8,12H,3-4,9-10H2,1-2H3,(H,18,23)(H,19,20,22). The summed E-state index contributed by atoms with van der Waals surface area (Å²) in [4.78, 5) is 15.8. The van der Waals surface area contributed by atoms with Crippen molar-refractivity contribution in [1.29, 1.82) is 0 Å². The molecule has 0 bridgehead atoms. The van der Waals surface area contributed by atoms with Crippen LogP contribution in [0.15, 0.2) is 24.3 Å². The molecule has 1 saturated heterocycles. The number of hydrogen-bond donors (Lipinski definition) is 2. The van der Waals surface area contributed by atoms with Gasteiger partial charge in [-0.15, -0.1) is 10.2 Å². The molecule has 1 aromatic heterocycles. The third-order valence-electron chi connectivity index (χ3n) is 4.12. The Labute approximate surface area is 135 Å². The fourth-order valence-electron chi connectivity index (χ4n) is 2.80. The molecule has 2 heterocycles. The summed E-state index contributed by atoms with van der Waals surface area (Å²) < 4.78 is 0. The monoisotopic (exact) mass is 311 g/mol. The second-order valence-corrected chi connectivity index (χ2v) is 5.69. The van der Waals surface area contributed by atoms with Gasteiger partial charge in [-0.05, 0) is 30.5 Å². The second-order valence-electron chi connectivity index (χ2n) is 5.69.